The highest BCUT2D eigenvalue weighted by atomic mass is 32.1. The number of anilines is 1. The average Bonchev–Trinajstić information content (AvgIpc) is 3.07. The van der Waals surface area contributed by atoms with Crippen LogP contribution in [0.3, 0.4) is 0 Å². The Morgan fingerprint density at radius 3 is 2.40 bits per heavy atom. The number of hydrogen-bond donors (Lipinski definition) is 2. The van der Waals surface area contributed by atoms with Crippen LogP contribution in [0.4, 0.5) is 5.13 Å². The maximum Gasteiger partial charge on any atom is 0.274 e. The number of benzene rings is 1. The summed E-state index contributed by atoms with van der Waals surface area (Å²) in [7, 11) is 0. The number of amides is 1. The molecule has 3 aromatic rings. The Hall–Kier alpha value is -2.73. The molecule has 128 valence electrons. The number of carbonyl (C=O) groups is 2. The van der Waals surface area contributed by atoms with E-state index in [1.807, 2.05) is 37.3 Å². The number of H-pyrrole nitrogens is 1. The van der Waals surface area contributed by atoms with Gasteiger partial charge in [-0.05, 0) is 33.3 Å². The van der Waals surface area contributed by atoms with Gasteiger partial charge in [0.05, 0.1) is 5.69 Å². The van der Waals surface area contributed by atoms with Crippen molar-refractivity contribution in [2.24, 2.45) is 0 Å². The number of aryl methyl sites for hydroxylation is 2. The van der Waals surface area contributed by atoms with Crippen molar-refractivity contribution >= 4 is 28.2 Å². The first kappa shape index (κ1) is 17.1. The molecule has 25 heavy (non-hydrogen) atoms. The van der Waals surface area contributed by atoms with Crippen LogP contribution in [0.5, 0.6) is 0 Å². The summed E-state index contributed by atoms with van der Waals surface area (Å²) in [6.45, 7) is 7.05. The molecule has 6 heteroatoms. The molecule has 0 aliphatic rings. The molecule has 0 saturated carbocycles. The molecule has 0 aliphatic heterocycles. The van der Waals surface area contributed by atoms with E-state index in [1.54, 1.807) is 13.8 Å². The number of thiazole rings is 1. The van der Waals surface area contributed by atoms with Gasteiger partial charge in [0.2, 0.25) is 0 Å². The largest absolute Gasteiger partial charge is 0.354 e. The smallest absolute Gasteiger partial charge is 0.274 e. The van der Waals surface area contributed by atoms with Crippen LogP contribution in [-0.2, 0) is 0 Å². The zero-order valence-electron chi connectivity index (χ0n) is 14.6. The summed E-state index contributed by atoms with van der Waals surface area (Å²) in [5.74, 6) is -0.344. The molecule has 0 atom stereocenters. The number of hydrogen-bond acceptors (Lipinski definition) is 4. The molecule has 3 rings (SSSR count). The van der Waals surface area contributed by atoms with Gasteiger partial charge < -0.3 is 4.98 Å². The summed E-state index contributed by atoms with van der Waals surface area (Å²) in [6.07, 6.45) is 0. The number of rotatable bonds is 4. The van der Waals surface area contributed by atoms with Gasteiger partial charge in [-0.25, -0.2) is 4.98 Å². The molecule has 1 amide bonds. The Balaban J connectivity index is 1.88. The van der Waals surface area contributed by atoms with Crippen LogP contribution in [0.2, 0.25) is 0 Å². The fourth-order valence-electron chi connectivity index (χ4n) is 2.98. The van der Waals surface area contributed by atoms with E-state index < -0.39 is 0 Å². The summed E-state index contributed by atoms with van der Waals surface area (Å²) >= 11 is 1.43. The minimum Gasteiger partial charge on any atom is -0.354 e. The van der Waals surface area contributed by atoms with Gasteiger partial charge in [0.25, 0.3) is 5.91 Å². The van der Waals surface area contributed by atoms with E-state index in [1.165, 1.54) is 18.3 Å². The standard InChI is InChI=1S/C19H19N3O2S/c1-10-15(12(3)23)11(2)20-16(10)18(24)22-19-21-17(13(4)25-19)14-8-6-5-7-9-14/h5-9,20H,1-4H3,(H,21,22,24). The Labute approximate surface area is 150 Å². The molecule has 0 radical (unpaired) electrons. The lowest BCUT2D eigenvalue weighted by atomic mass is 10.1. The third kappa shape index (κ3) is 3.25. The highest BCUT2D eigenvalue weighted by Gasteiger charge is 2.21. The molecule has 2 N–H and O–H groups in total. The van der Waals surface area contributed by atoms with Crippen LogP contribution in [0.15, 0.2) is 30.3 Å². The van der Waals surface area contributed by atoms with E-state index in [4.69, 9.17) is 0 Å². The van der Waals surface area contributed by atoms with E-state index in [2.05, 4.69) is 15.3 Å². The highest BCUT2D eigenvalue weighted by molar-refractivity contribution is 7.16. The van der Waals surface area contributed by atoms with Crippen LogP contribution in [0.25, 0.3) is 11.3 Å². The monoisotopic (exact) mass is 353 g/mol. The van der Waals surface area contributed by atoms with Gasteiger partial charge >= 0.3 is 0 Å². The average molecular weight is 353 g/mol. The normalized spacial score (nSPS) is 10.7. The number of ketones is 1. The lowest BCUT2D eigenvalue weighted by molar-refractivity contribution is 0.101. The number of nitrogens with zero attached hydrogens (tertiary/aromatic N) is 1. The number of Topliss-reactive ketones (excluding diaryl/α,β-unsaturated/α-hetero) is 1. The number of aromatic amines is 1. The topological polar surface area (TPSA) is 74.8 Å². The third-order valence-electron chi connectivity index (χ3n) is 4.08. The zero-order valence-corrected chi connectivity index (χ0v) is 15.4. The van der Waals surface area contributed by atoms with Gasteiger partial charge in [0.1, 0.15) is 5.69 Å². The van der Waals surface area contributed by atoms with Crippen LogP contribution in [0.1, 0.15) is 43.9 Å². The van der Waals surface area contributed by atoms with Gasteiger partial charge in [0, 0.05) is 21.7 Å². The first-order valence-corrected chi connectivity index (χ1v) is 8.74. The Morgan fingerprint density at radius 1 is 1.12 bits per heavy atom. The molecule has 0 saturated heterocycles. The van der Waals surface area contributed by atoms with Crippen molar-refractivity contribution in [2.45, 2.75) is 27.7 Å². The van der Waals surface area contributed by atoms with E-state index in [0.29, 0.717) is 27.6 Å². The number of nitrogens with one attached hydrogen (secondary N) is 2. The van der Waals surface area contributed by atoms with Crippen molar-refractivity contribution in [3.05, 3.63) is 57.7 Å². The summed E-state index contributed by atoms with van der Waals surface area (Å²) < 4.78 is 0. The first-order chi connectivity index (χ1) is 11.9. The lowest BCUT2D eigenvalue weighted by Crippen LogP contribution is -2.13. The van der Waals surface area contributed by atoms with Gasteiger partial charge in [-0.15, -0.1) is 11.3 Å². The number of carbonyl (C=O) groups excluding carboxylic acids is 2. The Kier molecular flexibility index (Phi) is 4.55. The predicted molar refractivity (Wildman–Crippen MR) is 101 cm³/mol. The second-order valence-electron chi connectivity index (χ2n) is 5.93. The molecule has 2 aromatic heterocycles. The number of aromatic nitrogens is 2. The highest BCUT2D eigenvalue weighted by Crippen LogP contribution is 2.30. The lowest BCUT2D eigenvalue weighted by Gasteiger charge is -2.01. The molecule has 0 bridgehead atoms. The van der Waals surface area contributed by atoms with Crippen molar-refractivity contribution < 1.29 is 9.59 Å². The Morgan fingerprint density at radius 2 is 1.80 bits per heavy atom. The quantitative estimate of drug-likeness (QED) is 0.677. The van der Waals surface area contributed by atoms with Crippen LogP contribution in [-0.4, -0.2) is 21.7 Å². The molecular weight excluding hydrogens is 334 g/mol. The summed E-state index contributed by atoms with van der Waals surface area (Å²) in [6, 6.07) is 9.86. The minimum absolute atomic E-state index is 0.0539. The summed E-state index contributed by atoms with van der Waals surface area (Å²) in [5.41, 5.74) is 4.23. The molecule has 1 aromatic carbocycles. The fraction of sp³-hybridized carbons (Fsp3) is 0.211. The SMILES string of the molecule is CC(=O)c1c(C)[nH]c(C(=O)Nc2nc(-c3ccccc3)c(C)s2)c1C. The van der Waals surface area contributed by atoms with Crippen LogP contribution in [0, 0.1) is 20.8 Å². The molecular formula is C19H19N3O2S. The maximum absolute atomic E-state index is 12.6. The third-order valence-corrected chi connectivity index (χ3v) is 4.97. The molecule has 0 fully saturated rings. The zero-order chi connectivity index (χ0) is 18.1. The first-order valence-electron chi connectivity index (χ1n) is 7.92. The summed E-state index contributed by atoms with van der Waals surface area (Å²) in [4.78, 5) is 32.9. The van der Waals surface area contributed by atoms with Gasteiger partial charge in [-0.3, -0.25) is 14.9 Å². The fourth-order valence-corrected chi connectivity index (χ4v) is 3.81. The minimum atomic E-state index is -0.290. The predicted octanol–water partition coefficient (Wildman–Crippen LogP) is 4.52. The molecule has 5 nitrogen and oxygen atoms in total. The van der Waals surface area contributed by atoms with E-state index >= 15 is 0 Å². The molecule has 0 aliphatic carbocycles. The van der Waals surface area contributed by atoms with Crippen LogP contribution < -0.4 is 5.32 Å². The Bertz CT molecular complexity index is 955. The van der Waals surface area contributed by atoms with Crippen molar-refractivity contribution in [1.82, 2.24) is 9.97 Å². The molecule has 0 spiro atoms. The van der Waals surface area contributed by atoms with Crippen LogP contribution >= 0.6 is 11.3 Å². The van der Waals surface area contributed by atoms with E-state index in [-0.39, 0.29) is 11.7 Å². The van der Waals surface area contributed by atoms with Crippen molar-refractivity contribution in [2.75, 3.05) is 5.32 Å². The van der Waals surface area contributed by atoms with Crippen molar-refractivity contribution in [3.63, 3.8) is 0 Å². The van der Waals surface area contributed by atoms with E-state index in [0.717, 1.165) is 16.1 Å². The second kappa shape index (κ2) is 6.64. The van der Waals surface area contributed by atoms with Gasteiger partial charge in [-0.2, -0.15) is 0 Å². The van der Waals surface area contributed by atoms with Gasteiger partial charge in [-0.1, -0.05) is 30.3 Å². The van der Waals surface area contributed by atoms with E-state index in [9.17, 15) is 9.59 Å². The molecule has 2 heterocycles. The summed E-state index contributed by atoms with van der Waals surface area (Å²) in [5, 5.41) is 3.37. The second-order valence-corrected chi connectivity index (χ2v) is 7.13. The van der Waals surface area contributed by atoms with Crippen molar-refractivity contribution in [3.8, 4) is 11.3 Å². The molecule has 0 unspecified atom stereocenters. The van der Waals surface area contributed by atoms with Crippen molar-refractivity contribution in [1.29, 1.82) is 0 Å². The maximum atomic E-state index is 12.6. The van der Waals surface area contributed by atoms with Gasteiger partial charge in [0.15, 0.2) is 10.9 Å².